The van der Waals surface area contributed by atoms with Crippen LogP contribution in [0.4, 0.5) is 19.0 Å². The zero-order valence-electron chi connectivity index (χ0n) is 10.4. The molecule has 0 aromatic carbocycles. The monoisotopic (exact) mass is 332 g/mol. The van der Waals surface area contributed by atoms with Crippen molar-refractivity contribution in [3.05, 3.63) is 33.1 Å². The summed E-state index contributed by atoms with van der Waals surface area (Å²) in [7, 11) is 0. The van der Waals surface area contributed by atoms with Crippen molar-refractivity contribution >= 4 is 28.8 Å². The maximum Gasteiger partial charge on any atom is 0.410 e. The number of fused-ring (bicyclic) bond motifs is 1. The van der Waals surface area contributed by atoms with Gasteiger partial charge in [-0.05, 0) is 12.1 Å². The second-order valence-corrected chi connectivity index (χ2v) is 6.34. The summed E-state index contributed by atoms with van der Waals surface area (Å²) in [5, 5.41) is 15.6. The fourth-order valence-electron chi connectivity index (χ4n) is 2.35. The lowest BCUT2D eigenvalue weighted by atomic mass is 10.0. The molecule has 1 aliphatic heterocycles. The van der Waals surface area contributed by atoms with Crippen LogP contribution in [0.25, 0.3) is 0 Å². The van der Waals surface area contributed by atoms with E-state index in [4.69, 9.17) is 16.9 Å². The summed E-state index contributed by atoms with van der Waals surface area (Å²) in [4.78, 5) is 0.700. The number of nitrogens with zero attached hydrogens (tertiary/aromatic N) is 3. The molecule has 0 amide bonds. The van der Waals surface area contributed by atoms with Gasteiger partial charge in [-0.2, -0.15) is 23.5 Å². The number of nitriles is 1. The fourth-order valence-corrected chi connectivity index (χ4v) is 3.47. The van der Waals surface area contributed by atoms with E-state index in [1.165, 1.54) is 11.3 Å². The van der Waals surface area contributed by atoms with Crippen LogP contribution >= 0.6 is 22.9 Å². The summed E-state index contributed by atoms with van der Waals surface area (Å²) in [5.41, 5.74) is 0.0941. The summed E-state index contributed by atoms with van der Waals surface area (Å²) < 4.78 is 41.0. The van der Waals surface area contributed by atoms with E-state index in [1.54, 1.807) is 12.1 Å². The van der Waals surface area contributed by atoms with Gasteiger partial charge in [0, 0.05) is 11.3 Å². The smallest absolute Gasteiger partial charge is 0.361 e. The molecule has 4 nitrogen and oxygen atoms in total. The molecule has 2 aromatic rings. The molecular formula is C12H8ClF3N4S. The second kappa shape index (κ2) is 4.93. The van der Waals surface area contributed by atoms with Gasteiger partial charge in [0.2, 0.25) is 0 Å². The average molecular weight is 333 g/mol. The molecule has 0 spiro atoms. The van der Waals surface area contributed by atoms with Gasteiger partial charge < -0.3 is 5.32 Å². The van der Waals surface area contributed by atoms with E-state index in [-0.39, 0.29) is 17.8 Å². The lowest BCUT2D eigenvalue weighted by Crippen LogP contribution is -2.35. The predicted molar refractivity (Wildman–Crippen MR) is 72.3 cm³/mol. The summed E-state index contributed by atoms with van der Waals surface area (Å²) >= 11 is 7.06. The van der Waals surface area contributed by atoms with Gasteiger partial charge in [-0.3, -0.25) is 0 Å². The van der Waals surface area contributed by atoms with E-state index in [9.17, 15) is 13.2 Å². The molecule has 2 aromatic heterocycles. The molecule has 1 aliphatic rings. The molecule has 0 radical (unpaired) electrons. The van der Waals surface area contributed by atoms with E-state index in [2.05, 4.69) is 10.4 Å². The molecule has 0 unspecified atom stereocenters. The number of hydrogen-bond donors (Lipinski definition) is 1. The van der Waals surface area contributed by atoms with E-state index in [0.717, 1.165) is 10.9 Å². The third kappa shape index (κ3) is 2.47. The highest BCUT2D eigenvalue weighted by Crippen LogP contribution is 2.45. The van der Waals surface area contributed by atoms with Crippen molar-refractivity contribution in [1.29, 1.82) is 5.26 Å². The third-order valence-corrected chi connectivity index (χ3v) is 4.64. The highest BCUT2D eigenvalue weighted by Gasteiger charge is 2.47. The molecule has 1 N–H and O–H groups in total. The van der Waals surface area contributed by atoms with Gasteiger partial charge in [-0.25, -0.2) is 4.68 Å². The summed E-state index contributed by atoms with van der Waals surface area (Å²) in [6.45, 7) is 0. The lowest BCUT2D eigenvalue weighted by Gasteiger charge is -2.33. The van der Waals surface area contributed by atoms with Gasteiger partial charge in [0.15, 0.2) is 6.04 Å². The van der Waals surface area contributed by atoms with Gasteiger partial charge in [-0.1, -0.05) is 11.6 Å². The van der Waals surface area contributed by atoms with E-state index >= 15 is 0 Å². The maximum absolute atomic E-state index is 13.2. The van der Waals surface area contributed by atoms with Crippen LogP contribution in [0.2, 0.25) is 4.34 Å². The number of alkyl halides is 3. The van der Waals surface area contributed by atoms with Crippen molar-refractivity contribution < 1.29 is 13.2 Å². The molecular weight excluding hydrogens is 325 g/mol. The van der Waals surface area contributed by atoms with E-state index in [0.29, 0.717) is 9.21 Å². The first-order valence-corrected chi connectivity index (χ1v) is 7.15. The Morgan fingerprint density at radius 3 is 2.81 bits per heavy atom. The normalized spacial score (nSPS) is 21.5. The summed E-state index contributed by atoms with van der Waals surface area (Å²) in [6, 6.07) is 2.87. The topological polar surface area (TPSA) is 53.6 Å². The first kappa shape index (κ1) is 14.2. The van der Waals surface area contributed by atoms with Gasteiger partial charge in [0.25, 0.3) is 0 Å². The van der Waals surface area contributed by atoms with Crippen molar-refractivity contribution in [2.24, 2.45) is 0 Å². The number of rotatable bonds is 1. The number of hydrogen-bond acceptors (Lipinski definition) is 4. The van der Waals surface area contributed by atoms with Crippen LogP contribution in [-0.2, 0) is 0 Å². The Kier molecular flexibility index (Phi) is 3.34. The second-order valence-electron chi connectivity index (χ2n) is 4.60. The minimum atomic E-state index is -4.44. The maximum atomic E-state index is 13.2. The van der Waals surface area contributed by atoms with Crippen molar-refractivity contribution in [2.75, 3.05) is 5.32 Å². The minimum Gasteiger partial charge on any atom is -0.361 e. The molecule has 3 rings (SSSR count). The first-order chi connectivity index (χ1) is 9.90. The summed E-state index contributed by atoms with van der Waals surface area (Å²) in [6.07, 6.45) is -3.49. The first-order valence-electron chi connectivity index (χ1n) is 5.96. The Hall–Kier alpha value is -1.72. The molecule has 0 aliphatic carbocycles. The molecule has 110 valence electrons. The zero-order valence-corrected chi connectivity index (χ0v) is 11.9. The van der Waals surface area contributed by atoms with E-state index < -0.39 is 18.3 Å². The van der Waals surface area contributed by atoms with Crippen molar-refractivity contribution in [1.82, 2.24) is 9.78 Å². The Morgan fingerprint density at radius 1 is 1.48 bits per heavy atom. The number of halogens is 4. The standard InChI is InChI=1S/C12H8ClF3N4S/c13-10-2-1-8(21-10)7-3-9(12(14,15)16)20-11(19-7)6(4-17)5-18-20/h1-2,5,7,9,19H,3H2/t7-,9+/m0/s1. The molecule has 0 bridgehead atoms. The van der Waals surface area contributed by atoms with Gasteiger partial charge in [0.1, 0.15) is 17.5 Å². The molecule has 21 heavy (non-hydrogen) atoms. The van der Waals surface area contributed by atoms with Gasteiger partial charge in [-0.15, -0.1) is 11.3 Å². The van der Waals surface area contributed by atoms with Gasteiger partial charge in [0.05, 0.1) is 16.6 Å². The minimum absolute atomic E-state index is 0.0941. The highest BCUT2D eigenvalue weighted by molar-refractivity contribution is 7.16. The third-order valence-electron chi connectivity index (χ3n) is 3.30. The molecule has 0 saturated heterocycles. The number of anilines is 1. The quantitative estimate of drug-likeness (QED) is 0.854. The number of thiophene rings is 1. The predicted octanol–water partition coefficient (Wildman–Crippen LogP) is 4.13. The molecule has 9 heteroatoms. The van der Waals surface area contributed by atoms with Crippen LogP contribution in [0, 0.1) is 11.3 Å². The van der Waals surface area contributed by atoms with Crippen LogP contribution in [-0.4, -0.2) is 16.0 Å². The number of aromatic nitrogens is 2. The van der Waals surface area contributed by atoms with Crippen LogP contribution in [0.5, 0.6) is 0 Å². The van der Waals surface area contributed by atoms with Crippen molar-refractivity contribution in [2.45, 2.75) is 24.7 Å². The Bertz CT molecular complexity index is 715. The number of nitrogens with one attached hydrogen (secondary N) is 1. The van der Waals surface area contributed by atoms with Crippen molar-refractivity contribution in [3.63, 3.8) is 0 Å². The Morgan fingerprint density at radius 2 is 2.24 bits per heavy atom. The molecule has 0 saturated carbocycles. The highest BCUT2D eigenvalue weighted by atomic mass is 35.5. The largest absolute Gasteiger partial charge is 0.410 e. The van der Waals surface area contributed by atoms with Gasteiger partial charge >= 0.3 is 6.18 Å². The van der Waals surface area contributed by atoms with Crippen LogP contribution in [0.3, 0.4) is 0 Å². The van der Waals surface area contributed by atoms with E-state index in [1.807, 2.05) is 6.07 Å². The van der Waals surface area contributed by atoms with Crippen LogP contribution in [0.1, 0.15) is 28.9 Å². The van der Waals surface area contributed by atoms with Crippen molar-refractivity contribution in [3.8, 4) is 6.07 Å². The SMILES string of the molecule is N#Cc1cnn2c1N[C@H](c1ccc(Cl)s1)C[C@@H]2C(F)(F)F. The molecule has 3 heterocycles. The Labute approximate surface area is 126 Å². The fraction of sp³-hybridized carbons (Fsp3) is 0.333. The molecule has 0 fully saturated rings. The zero-order chi connectivity index (χ0) is 15.2. The lowest BCUT2D eigenvalue weighted by molar-refractivity contribution is -0.173. The van der Waals surface area contributed by atoms with Crippen LogP contribution < -0.4 is 5.32 Å². The Balaban J connectivity index is 2.05. The summed E-state index contributed by atoms with van der Waals surface area (Å²) in [5.74, 6) is 0.0978. The van der Waals surface area contributed by atoms with Crippen LogP contribution in [0.15, 0.2) is 18.3 Å². The molecule has 2 atom stereocenters. The average Bonchev–Trinajstić information content (AvgIpc) is 3.02.